The SMILES string of the molecule is C[C@@H](CCN1CCCC1)CNCCC(=O)O. The zero-order chi connectivity index (χ0) is 11.8. The summed E-state index contributed by atoms with van der Waals surface area (Å²) in [6.07, 6.45) is 4.13. The van der Waals surface area contributed by atoms with Crippen LogP contribution in [-0.2, 0) is 4.79 Å². The molecule has 1 fully saturated rings. The largest absolute Gasteiger partial charge is 0.481 e. The molecule has 1 atom stereocenters. The number of hydrogen-bond donors (Lipinski definition) is 2. The summed E-state index contributed by atoms with van der Waals surface area (Å²) < 4.78 is 0. The third-order valence-electron chi connectivity index (χ3n) is 3.15. The van der Waals surface area contributed by atoms with Crippen molar-refractivity contribution in [3.05, 3.63) is 0 Å². The summed E-state index contributed by atoms with van der Waals surface area (Å²) in [5.41, 5.74) is 0. The lowest BCUT2D eigenvalue weighted by molar-refractivity contribution is -0.136. The average molecular weight is 228 g/mol. The smallest absolute Gasteiger partial charge is 0.304 e. The van der Waals surface area contributed by atoms with E-state index in [0.29, 0.717) is 12.5 Å². The third kappa shape index (κ3) is 6.08. The van der Waals surface area contributed by atoms with Crippen LogP contribution in [0.15, 0.2) is 0 Å². The predicted octanol–water partition coefficient (Wildman–Crippen LogP) is 1.17. The van der Waals surface area contributed by atoms with Crippen LogP contribution in [0, 0.1) is 5.92 Å². The van der Waals surface area contributed by atoms with Gasteiger partial charge in [0.2, 0.25) is 0 Å². The number of nitrogens with zero attached hydrogens (tertiary/aromatic N) is 1. The van der Waals surface area contributed by atoms with Crippen molar-refractivity contribution in [3.8, 4) is 0 Å². The van der Waals surface area contributed by atoms with E-state index in [0.717, 1.165) is 6.54 Å². The van der Waals surface area contributed by atoms with Gasteiger partial charge < -0.3 is 15.3 Å². The second-order valence-corrected chi connectivity index (χ2v) is 4.79. The topological polar surface area (TPSA) is 52.6 Å². The van der Waals surface area contributed by atoms with E-state index in [2.05, 4.69) is 17.1 Å². The maximum absolute atomic E-state index is 10.3. The average Bonchev–Trinajstić information content (AvgIpc) is 2.74. The Bertz CT molecular complexity index is 203. The van der Waals surface area contributed by atoms with Gasteiger partial charge in [-0.3, -0.25) is 4.79 Å². The molecular formula is C12H24N2O2. The minimum absolute atomic E-state index is 0.221. The molecule has 0 aromatic carbocycles. The standard InChI is InChI=1S/C12H24N2O2/c1-11(10-13-6-4-12(15)16)5-9-14-7-2-3-8-14/h11,13H,2-10H2,1H3,(H,15,16)/t11-/m0/s1. The van der Waals surface area contributed by atoms with Crippen molar-refractivity contribution < 1.29 is 9.90 Å². The molecule has 1 rings (SSSR count). The van der Waals surface area contributed by atoms with Gasteiger partial charge in [-0.2, -0.15) is 0 Å². The Kier molecular flexibility index (Phi) is 6.42. The van der Waals surface area contributed by atoms with Crippen LogP contribution in [0.3, 0.4) is 0 Å². The molecule has 1 saturated heterocycles. The zero-order valence-electron chi connectivity index (χ0n) is 10.2. The molecule has 1 aliphatic rings. The number of likely N-dealkylation sites (tertiary alicyclic amines) is 1. The molecule has 0 amide bonds. The van der Waals surface area contributed by atoms with Gasteiger partial charge in [0.05, 0.1) is 6.42 Å². The molecular weight excluding hydrogens is 204 g/mol. The second-order valence-electron chi connectivity index (χ2n) is 4.79. The lowest BCUT2D eigenvalue weighted by Crippen LogP contribution is -2.27. The van der Waals surface area contributed by atoms with Gasteiger partial charge in [0.1, 0.15) is 0 Å². The highest BCUT2D eigenvalue weighted by Crippen LogP contribution is 2.10. The molecule has 0 radical (unpaired) electrons. The molecule has 0 spiro atoms. The number of carbonyl (C=O) groups is 1. The molecule has 0 aromatic rings. The van der Waals surface area contributed by atoms with Crippen LogP contribution < -0.4 is 5.32 Å². The van der Waals surface area contributed by atoms with Crippen LogP contribution in [0.4, 0.5) is 0 Å². The van der Waals surface area contributed by atoms with Crippen LogP contribution >= 0.6 is 0 Å². The number of carboxylic acid groups (broad SMARTS) is 1. The molecule has 0 aromatic heterocycles. The third-order valence-corrected chi connectivity index (χ3v) is 3.15. The van der Waals surface area contributed by atoms with E-state index in [-0.39, 0.29) is 6.42 Å². The minimum atomic E-state index is -0.725. The number of nitrogens with one attached hydrogen (secondary N) is 1. The Morgan fingerprint density at radius 1 is 1.44 bits per heavy atom. The molecule has 0 bridgehead atoms. The van der Waals surface area contributed by atoms with Crippen molar-refractivity contribution in [1.29, 1.82) is 0 Å². The van der Waals surface area contributed by atoms with E-state index in [1.807, 2.05) is 0 Å². The van der Waals surface area contributed by atoms with E-state index in [9.17, 15) is 4.79 Å². The highest BCUT2D eigenvalue weighted by Gasteiger charge is 2.12. The molecule has 16 heavy (non-hydrogen) atoms. The summed E-state index contributed by atoms with van der Waals surface area (Å²) in [5, 5.41) is 11.7. The number of hydrogen-bond acceptors (Lipinski definition) is 3. The summed E-state index contributed by atoms with van der Waals surface area (Å²) in [6.45, 7) is 7.47. The molecule has 1 aliphatic heterocycles. The van der Waals surface area contributed by atoms with E-state index in [1.165, 1.54) is 38.9 Å². The van der Waals surface area contributed by atoms with Crippen LogP contribution in [0.1, 0.15) is 32.6 Å². The predicted molar refractivity (Wildman–Crippen MR) is 64.6 cm³/mol. The molecule has 4 nitrogen and oxygen atoms in total. The summed E-state index contributed by atoms with van der Waals surface area (Å²) >= 11 is 0. The van der Waals surface area contributed by atoms with Gasteiger partial charge in [-0.25, -0.2) is 0 Å². The fourth-order valence-corrected chi connectivity index (χ4v) is 2.06. The Balaban J connectivity index is 1.93. The fourth-order valence-electron chi connectivity index (χ4n) is 2.06. The summed E-state index contributed by atoms with van der Waals surface area (Å²) in [5.74, 6) is -0.0911. The van der Waals surface area contributed by atoms with E-state index in [1.54, 1.807) is 0 Å². The zero-order valence-corrected chi connectivity index (χ0v) is 10.2. The van der Waals surface area contributed by atoms with E-state index in [4.69, 9.17) is 5.11 Å². The van der Waals surface area contributed by atoms with Gasteiger partial charge in [0.25, 0.3) is 0 Å². The van der Waals surface area contributed by atoms with Gasteiger partial charge >= 0.3 is 5.97 Å². The Morgan fingerprint density at radius 3 is 2.75 bits per heavy atom. The van der Waals surface area contributed by atoms with Crippen molar-refractivity contribution in [2.45, 2.75) is 32.6 Å². The second kappa shape index (κ2) is 7.63. The van der Waals surface area contributed by atoms with Gasteiger partial charge in [-0.05, 0) is 51.4 Å². The van der Waals surface area contributed by atoms with Crippen molar-refractivity contribution in [3.63, 3.8) is 0 Å². The summed E-state index contributed by atoms with van der Waals surface area (Å²) in [6, 6.07) is 0. The Labute approximate surface area is 98.0 Å². The fraction of sp³-hybridized carbons (Fsp3) is 0.917. The number of aliphatic carboxylic acids is 1. The van der Waals surface area contributed by atoms with Gasteiger partial charge in [-0.15, -0.1) is 0 Å². The first-order valence-corrected chi connectivity index (χ1v) is 6.33. The van der Waals surface area contributed by atoms with E-state index >= 15 is 0 Å². The van der Waals surface area contributed by atoms with Crippen LogP contribution in [0.5, 0.6) is 0 Å². The van der Waals surface area contributed by atoms with Crippen LogP contribution in [-0.4, -0.2) is 48.7 Å². The van der Waals surface area contributed by atoms with Crippen LogP contribution in [0.25, 0.3) is 0 Å². The molecule has 0 aliphatic carbocycles. The van der Waals surface area contributed by atoms with Crippen molar-refractivity contribution >= 4 is 5.97 Å². The van der Waals surface area contributed by atoms with Crippen LogP contribution in [0.2, 0.25) is 0 Å². The summed E-state index contributed by atoms with van der Waals surface area (Å²) in [4.78, 5) is 12.8. The Hall–Kier alpha value is -0.610. The first-order chi connectivity index (χ1) is 7.68. The van der Waals surface area contributed by atoms with Gasteiger partial charge in [0.15, 0.2) is 0 Å². The maximum Gasteiger partial charge on any atom is 0.304 e. The molecule has 0 saturated carbocycles. The van der Waals surface area contributed by atoms with E-state index < -0.39 is 5.97 Å². The minimum Gasteiger partial charge on any atom is -0.481 e. The molecule has 4 heteroatoms. The van der Waals surface area contributed by atoms with Crippen molar-refractivity contribution in [2.24, 2.45) is 5.92 Å². The maximum atomic E-state index is 10.3. The molecule has 2 N–H and O–H groups in total. The highest BCUT2D eigenvalue weighted by atomic mass is 16.4. The lowest BCUT2D eigenvalue weighted by Gasteiger charge is -2.18. The number of carboxylic acids is 1. The summed E-state index contributed by atoms with van der Waals surface area (Å²) in [7, 11) is 0. The molecule has 94 valence electrons. The monoisotopic (exact) mass is 228 g/mol. The number of rotatable bonds is 8. The first-order valence-electron chi connectivity index (χ1n) is 6.33. The normalized spacial score (nSPS) is 18.8. The highest BCUT2D eigenvalue weighted by molar-refractivity contribution is 5.66. The molecule has 0 unspecified atom stereocenters. The van der Waals surface area contributed by atoms with Crippen molar-refractivity contribution in [2.75, 3.05) is 32.7 Å². The molecule has 1 heterocycles. The van der Waals surface area contributed by atoms with Gasteiger partial charge in [0, 0.05) is 6.54 Å². The Morgan fingerprint density at radius 2 is 2.12 bits per heavy atom. The van der Waals surface area contributed by atoms with Crippen molar-refractivity contribution in [1.82, 2.24) is 10.2 Å². The van der Waals surface area contributed by atoms with Gasteiger partial charge in [-0.1, -0.05) is 6.92 Å². The first kappa shape index (κ1) is 13.5. The quantitative estimate of drug-likeness (QED) is 0.612. The lowest BCUT2D eigenvalue weighted by atomic mass is 10.1.